The van der Waals surface area contributed by atoms with Crippen molar-refractivity contribution in [3.63, 3.8) is 0 Å². The van der Waals surface area contributed by atoms with E-state index in [1.807, 2.05) is 12.1 Å². The summed E-state index contributed by atoms with van der Waals surface area (Å²) in [5.41, 5.74) is 0. The van der Waals surface area contributed by atoms with Crippen LogP contribution in [-0.4, -0.2) is 19.3 Å². The number of hydrogen-bond donors (Lipinski definition) is 1. The van der Waals surface area contributed by atoms with Crippen molar-refractivity contribution in [3.05, 3.63) is 29.6 Å². The molecule has 0 radical (unpaired) electrons. The van der Waals surface area contributed by atoms with Gasteiger partial charge in [0.2, 0.25) is 0 Å². The Balaban J connectivity index is 2.25. The fraction of sp³-hybridized carbons (Fsp3) is 0.125. The van der Waals surface area contributed by atoms with Crippen molar-refractivity contribution in [1.29, 1.82) is 0 Å². The number of phenols is 1. The SMILES string of the molecule is COc1cc2cc(O)c3sc4ccsc4c3c2cc1OC. The van der Waals surface area contributed by atoms with Crippen molar-refractivity contribution >= 4 is 52.9 Å². The molecule has 4 aromatic rings. The van der Waals surface area contributed by atoms with Gasteiger partial charge < -0.3 is 14.6 Å². The van der Waals surface area contributed by atoms with Gasteiger partial charge in [-0.05, 0) is 40.4 Å². The molecule has 0 amide bonds. The minimum Gasteiger partial charge on any atom is -0.506 e. The van der Waals surface area contributed by atoms with E-state index in [-0.39, 0.29) is 0 Å². The minimum absolute atomic E-state index is 0.318. The molecule has 0 atom stereocenters. The van der Waals surface area contributed by atoms with Gasteiger partial charge in [0.05, 0.1) is 23.6 Å². The van der Waals surface area contributed by atoms with Crippen LogP contribution in [0.1, 0.15) is 0 Å². The Labute approximate surface area is 129 Å². The summed E-state index contributed by atoms with van der Waals surface area (Å²) < 4.78 is 14.1. The van der Waals surface area contributed by atoms with Gasteiger partial charge in [0.15, 0.2) is 11.5 Å². The summed E-state index contributed by atoms with van der Waals surface area (Å²) in [5.74, 6) is 1.69. The van der Waals surface area contributed by atoms with E-state index in [1.165, 1.54) is 9.40 Å². The van der Waals surface area contributed by atoms with Gasteiger partial charge in [-0.1, -0.05) is 0 Å². The van der Waals surface area contributed by atoms with E-state index in [9.17, 15) is 5.11 Å². The Morgan fingerprint density at radius 3 is 2.52 bits per heavy atom. The third kappa shape index (κ3) is 1.71. The van der Waals surface area contributed by atoms with Gasteiger partial charge in [-0.2, -0.15) is 0 Å². The van der Waals surface area contributed by atoms with Crippen LogP contribution in [0.3, 0.4) is 0 Å². The third-order valence-electron chi connectivity index (χ3n) is 3.65. The molecule has 5 heteroatoms. The highest BCUT2D eigenvalue weighted by Gasteiger charge is 2.16. The highest BCUT2D eigenvalue weighted by atomic mass is 32.1. The lowest BCUT2D eigenvalue weighted by atomic mass is 10.1. The van der Waals surface area contributed by atoms with Crippen molar-refractivity contribution in [2.24, 2.45) is 0 Å². The van der Waals surface area contributed by atoms with Crippen LogP contribution in [0.25, 0.3) is 30.3 Å². The van der Waals surface area contributed by atoms with Crippen LogP contribution in [0.4, 0.5) is 0 Å². The van der Waals surface area contributed by atoms with Gasteiger partial charge >= 0.3 is 0 Å². The minimum atomic E-state index is 0.318. The normalized spacial score (nSPS) is 11.5. The largest absolute Gasteiger partial charge is 0.506 e. The van der Waals surface area contributed by atoms with E-state index >= 15 is 0 Å². The molecule has 0 bridgehead atoms. The summed E-state index contributed by atoms with van der Waals surface area (Å²) in [7, 11) is 3.25. The fourth-order valence-corrected chi connectivity index (χ4v) is 5.00. The molecule has 1 N–H and O–H groups in total. The molecule has 21 heavy (non-hydrogen) atoms. The highest BCUT2D eigenvalue weighted by Crippen LogP contribution is 2.47. The summed E-state index contributed by atoms with van der Waals surface area (Å²) >= 11 is 3.32. The van der Waals surface area contributed by atoms with Gasteiger partial charge in [0.1, 0.15) is 5.75 Å². The number of methoxy groups -OCH3 is 2. The summed E-state index contributed by atoms with van der Waals surface area (Å²) in [6.07, 6.45) is 0. The predicted molar refractivity (Wildman–Crippen MR) is 89.5 cm³/mol. The average molecular weight is 316 g/mol. The second-order valence-electron chi connectivity index (χ2n) is 4.74. The molecule has 0 fully saturated rings. The fourth-order valence-electron chi connectivity index (χ4n) is 2.69. The smallest absolute Gasteiger partial charge is 0.161 e. The molecule has 0 unspecified atom stereocenters. The van der Waals surface area contributed by atoms with Crippen LogP contribution < -0.4 is 9.47 Å². The Morgan fingerprint density at radius 2 is 1.76 bits per heavy atom. The molecule has 3 nitrogen and oxygen atoms in total. The van der Waals surface area contributed by atoms with Crippen LogP contribution in [-0.2, 0) is 0 Å². The number of hydrogen-bond acceptors (Lipinski definition) is 5. The number of ether oxygens (including phenoxy) is 2. The predicted octanol–water partition coefficient (Wildman–Crippen LogP) is 4.99. The Bertz CT molecular complexity index is 982. The lowest BCUT2D eigenvalue weighted by Crippen LogP contribution is -1.90. The van der Waals surface area contributed by atoms with Gasteiger partial charge in [-0.25, -0.2) is 0 Å². The first-order valence-corrected chi connectivity index (χ1v) is 8.10. The van der Waals surface area contributed by atoms with Crippen molar-refractivity contribution in [3.8, 4) is 17.2 Å². The summed E-state index contributed by atoms with van der Waals surface area (Å²) in [6.45, 7) is 0. The van der Waals surface area contributed by atoms with E-state index < -0.39 is 0 Å². The zero-order chi connectivity index (χ0) is 14.6. The maximum atomic E-state index is 10.3. The number of fused-ring (bicyclic) bond motifs is 5. The third-order valence-corrected chi connectivity index (χ3v) is 5.88. The van der Waals surface area contributed by atoms with Crippen molar-refractivity contribution in [2.45, 2.75) is 0 Å². The van der Waals surface area contributed by atoms with Crippen LogP contribution in [0.15, 0.2) is 29.6 Å². The Morgan fingerprint density at radius 1 is 1.00 bits per heavy atom. The van der Waals surface area contributed by atoms with Crippen LogP contribution in [0.2, 0.25) is 0 Å². The Kier molecular flexibility index (Phi) is 2.74. The number of benzene rings is 2. The summed E-state index contributed by atoms with van der Waals surface area (Å²) in [4.78, 5) is 0. The standard InChI is InChI=1S/C16H12O3S2/c1-18-11-6-8-5-10(17)15-14(9(8)7-12(11)19-2)16-13(21-15)3-4-20-16/h3-7,17H,1-2H3. The van der Waals surface area contributed by atoms with Gasteiger partial charge in [0, 0.05) is 10.1 Å². The first-order valence-electron chi connectivity index (χ1n) is 6.40. The lowest BCUT2D eigenvalue weighted by Gasteiger charge is -2.10. The maximum Gasteiger partial charge on any atom is 0.161 e. The molecule has 2 aromatic heterocycles. The van der Waals surface area contributed by atoms with E-state index in [0.29, 0.717) is 17.2 Å². The molecular weight excluding hydrogens is 304 g/mol. The lowest BCUT2D eigenvalue weighted by molar-refractivity contribution is 0.356. The molecule has 0 aliphatic heterocycles. The highest BCUT2D eigenvalue weighted by molar-refractivity contribution is 7.32. The summed E-state index contributed by atoms with van der Waals surface area (Å²) in [5, 5.41) is 15.5. The first-order chi connectivity index (χ1) is 10.2. The molecule has 2 aromatic carbocycles. The Hall–Kier alpha value is -1.98. The van der Waals surface area contributed by atoms with E-state index in [0.717, 1.165) is 20.9 Å². The quantitative estimate of drug-likeness (QED) is 0.566. The number of phenolic OH excluding ortho intramolecular Hbond substituents is 1. The van der Waals surface area contributed by atoms with Crippen LogP contribution in [0.5, 0.6) is 17.2 Å². The molecule has 106 valence electrons. The van der Waals surface area contributed by atoms with Crippen molar-refractivity contribution in [1.82, 2.24) is 0 Å². The van der Waals surface area contributed by atoms with Gasteiger partial charge in [-0.3, -0.25) is 0 Å². The molecule has 0 saturated heterocycles. The average Bonchev–Trinajstić information content (AvgIpc) is 3.07. The second-order valence-corrected chi connectivity index (χ2v) is 6.71. The molecular formula is C16H12O3S2. The van der Waals surface area contributed by atoms with Crippen molar-refractivity contribution in [2.75, 3.05) is 14.2 Å². The number of thiophene rings is 2. The molecule has 0 aliphatic rings. The van der Waals surface area contributed by atoms with Gasteiger partial charge in [-0.15, -0.1) is 22.7 Å². The molecule has 0 saturated carbocycles. The zero-order valence-corrected chi connectivity index (χ0v) is 13.1. The van der Waals surface area contributed by atoms with E-state index in [1.54, 1.807) is 43.0 Å². The number of rotatable bonds is 2. The molecule has 0 spiro atoms. The molecule has 2 heterocycles. The number of aromatic hydroxyl groups is 1. The monoisotopic (exact) mass is 316 g/mol. The van der Waals surface area contributed by atoms with E-state index in [2.05, 4.69) is 11.4 Å². The van der Waals surface area contributed by atoms with E-state index in [4.69, 9.17) is 9.47 Å². The molecule has 0 aliphatic carbocycles. The van der Waals surface area contributed by atoms with Crippen molar-refractivity contribution < 1.29 is 14.6 Å². The zero-order valence-electron chi connectivity index (χ0n) is 11.5. The second kappa shape index (κ2) is 4.51. The summed E-state index contributed by atoms with van der Waals surface area (Å²) in [6, 6.07) is 7.78. The van der Waals surface area contributed by atoms with Gasteiger partial charge in [0.25, 0.3) is 0 Å². The first kappa shape index (κ1) is 12.7. The maximum absolute atomic E-state index is 10.3. The van der Waals surface area contributed by atoms with Crippen LogP contribution in [0, 0.1) is 0 Å². The molecule has 4 rings (SSSR count). The topological polar surface area (TPSA) is 38.7 Å². The van der Waals surface area contributed by atoms with Crippen LogP contribution >= 0.6 is 22.7 Å².